The maximum Gasteiger partial charge on any atom is 0.259 e. The van der Waals surface area contributed by atoms with Gasteiger partial charge in [0.05, 0.1) is 23.4 Å². The van der Waals surface area contributed by atoms with Crippen molar-refractivity contribution in [2.45, 2.75) is 27.2 Å². The summed E-state index contributed by atoms with van der Waals surface area (Å²) in [5.74, 6) is -0.890. The fraction of sp³-hybridized carbons (Fsp3) is 0.250. The maximum atomic E-state index is 12.8. The third-order valence-electron chi connectivity index (χ3n) is 3.87. The average molecular weight is 354 g/mol. The first-order valence-corrected chi connectivity index (χ1v) is 8.33. The minimum atomic E-state index is -0.635. The Hall–Kier alpha value is -3.15. The molecule has 6 heteroatoms. The van der Waals surface area contributed by atoms with Gasteiger partial charge in [0.1, 0.15) is 5.75 Å². The number of aryl methyl sites for hydroxylation is 1. The summed E-state index contributed by atoms with van der Waals surface area (Å²) in [5.41, 5.74) is 7.29. The molecule has 2 aromatic rings. The topological polar surface area (TPSA) is 98.5 Å². The third-order valence-corrected chi connectivity index (χ3v) is 3.87. The molecule has 0 aromatic heterocycles. The lowest BCUT2D eigenvalue weighted by atomic mass is 10.0. The van der Waals surface area contributed by atoms with Crippen molar-refractivity contribution in [1.82, 2.24) is 0 Å². The molecule has 0 heterocycles. The highest BCUT2D eigenvalue weighted by atomic mass is 16.5. The highest BCUT2D eigenvalue weighted by Crippen LogP contribution is 2.25. The van der Waals surface area contributed by atoms with Crippen LogP contribution in [0.3, 0.4) is 0 Å². The number of hydrogen-bond donors (Lipinski definition) is 2. The fourth-order valence-electron chi connectivity index (χ4n) is 2.48. The van der Waals surface area contributed by atoms with Crippen molar-refractivity contribution in [1.29, 1.82) is 0 Å². The molecule has 0 saturated heterocycles. The number of Topliss-reactive ketones (excluding diaryl/α,β-unsaturated/α-hetero) is 1. The first-order valence-electron chi connectivity index (χ1n) is 8.33. The predicted octanol–water partition coefficient (Wildman–Crippen LogP) is 3.34. The zero-order valence-corrected chi connectivity index (χ0v) is 15.1. The number of ketones is 1. The number of anilines is 1. The zero-order chi connectivity index (χ0) is 19.3. The smallest absolute Gasteiger partial charge is 0.259 e. The molecular weight excluding hydrogens is 332 g/mol. The Kier molecular flexibility index (Phi) is 6.11. The molecule has 2 amide bonds. The Balaban J connectivity index is 2.44. The first-order chi connectivity index (χ1) is 12.3. The molecule has 0 aliphatic rings. The molecule has 3 N–H and O–H groups in total. The number of primary amides is 1. The largest absolute Gasteiger partial charge is 0.493 e. The number of nitrogens with one attached hydrogen (secondary N) is 1. The van der Waals surface area contributed by atoms with Crippen molar-refractivity contribution in [2.24, 2.45) is 5.73 Å². The molecule has 0 radical (unpaired) electrons. The molecule has 0 unspecified atom stereocenters. The molecule has 0 aliphatic heterocycles. The van der Waals surface area contributed by atoms with Gasteiger partial charge in [-0.15, -0.1) is 0 Å². The van der Waals surface area contributed by atoms with Crippen LogP contribution >= 0.6 is 0 Å². The van der Waals surface area contributed by atoms with E-state index in [0.717, 1.165) is 6.42 Å². The second kappa shape index (κ2) is 8.29. The van der Waals surface area contributed by atoms with Gasteiger partial charge >= 0.3 is 0 Å². The lowest BCUT2D eigenvalue weighted by Gasteiger charge is -2.15. The molecule has 0 bridgehead atoms. The van der Waals surface area contributed by atoms with Gasteiger partial charge in [-0.2, -0.15) is 0 Å². The Morgan fingerprint density at radius 3 is 2.46 bits per heavy atom. The van der Waals surface area contributed by atoms with Gasteiger partial charge in [0, 0.05) is 5.56 Å². The minimum absolute atomic E-state index is 0.158. The number of ether oxygens (including phenoxy) is 1. The van der Waals surface area contributed by atoms with E-state index in [0.29, 0.717) is 29.2 Å². The lowest BCUT2D eigenvalue weighted by Crippen LogP contribution is -2.20. The number of carbonyl (C=O) groups is 3. The molecule has 0 saturated carbocycles. The summed E-state index contributed by atoms with van der Waals surface area (Å²) in [5, 5.41) is 2.73. The van der Waals surface area contributed by atoms with Crippen LogP contribution in [0.5, 0.6) is 5.75 Å². The fourth-order valence-corrected chi connectivity index (χ4v) is 2.48. The summed E-state index contributed by atoms with van der Waals surface area (Å²) >= 11 is 0. The SMILES string of the molecule is CCCOc1ccc(C(C)=O)cc1C(=O)Nc1c(C)cccc1C(N)=O. The number of para-hydroxylation sites is 1. The van der Waals surface area contributed by atoms with E-state index in [1.54, 1.807) is 37.3 Å². The van der Waals surface area contributed by atoms with Crippen LogP contribution in [0.15, 0.2) is 36.4 Å². The number of nitrogens with two attached hydrogens (primary N) is 1. The van der Waals surface area contributed by atoms with E-state index in [1.807, 2.05) is 6.92 Å². The van der Waals surface area contributed by atoms with Crippen LogP contribution in [0.4, 0.5) is 5.69 Å². The van der Waals surface area contributed by atoms with Crippen LogP contribution in [-0.2, 0) is 0 Å². The summed E-state index contributed by atoms with van der Waals surface area (Å²) in [7, 11) is 0. The minimum Gasteiger partial charge on any atom is -0.493 e. The Morgan fingerprint density at radius 2 is 1.85 bits per heavy atom. The number of hydrogen-bond acceptors (Lipinski definition) is 4. The van der Waals surface area contributed by atoms with Crippen molar-refractivity contribution in [3.05, 3.63) is 58.7 Å². The van der Waals surface area contributed by atoms with Crippen LogP contribution in [0, 0.1) is 6.92 Å². The van der Waals surface area contributed by atoms with Gasteiger partial charge in [-0.25, -0.2) is 0 Å². The van der Waals surface area contributed by atoms with Gasteiger partial charge in [-0.1, -0.05) is 19.1 Å². The Morgan fingerprint density at radius 1 is 1.12 bits per heavy atom. The molecular formula is C20H22N2O4. The van der Waals surface area contributed by atoms with Gasteiger partial charge in [-0.05, 0) is 50.1 Å². The standard InChI is InChI=1S/C20H22N2O4/c1-4-10-26-17-9-8-14(13(3)23)11-16(17)20(25)22-18-12(2)6-5-7-15(18)19(21)24/h5-9,11H,4,10H2,1-3H3,(H2,21,24)(H,22,25). The van der Waals surface area contributed by atoms with Gasteiger partial charge in [-0.3, -0.25) is 14.4 Å². The van der Waals surface area contributed by atoms with Crippen LogP contribution in [0.25, 0.3) is 0 Å². The van der Waals surface area contributed by atoms with E-state index >= 15 is 0 Å². The molecule has 2 aromatic carbocycles. The summed E-state index contributed by atoms with van der Waals surface area (Å²) in [6.45, 7) is 5.59. The van der Waals surface area contributed by atoms with Gasteiger partial charge in [0.25, 0.3) is 11.8 Å². The average Bonchev–Trinajstić information content (AvgIpc) is 2.61. The second-order valence-corrected chi connectivity index (χ2v) is 5.93. The Bertz CT molecular complexity index is 859. The van der Waals surface area contributed by atoms with Crippen LogP contribution in [0.1, 0.15) is 56.9 Å². The van der Waals surface area contributed by atoms with Gasteiger partial charge < -0.3 is 15.8 Å². The number of rotatable bonds is 7. The third kappa shape index (κ3) is 4.27. The van der Waals surface area contributed by atoms with Crippen molar-refractivity contribution >= 4 is 23.3 Å². The normalized spacial score (nSPS) is 10.3. The van der Waals surface area contributed by atoms with E-state index in [-0.39, 0.29) is 16.9 Å². The van der Waals surface area contributed by atoms with E-state index < -0.39 is 11.8 Å². The molecule has 26 heavy (non-hydrogen) atoms. The van der Waals surface area contributed by atoms with E-state index in [9.17, 15) is 14.4 Å². The van der Waals surface area contributed by atoms with Crippen molar-refractivity contribution in [3.63, 3.8) is 0 Å². The van der Waals surface area contributed by atoms with Crippen molar-refractivity contribution < 1.29 is 19.1 Å². The lowest BCUT2D eigenvalue weighted by molar-refractivity contribution is 0.0996. The summed E-state index contributed by atoms with van der Waals surface area (Å²) in [6.07, 6.45) is 0.777. The number of carbonyl (C=O) groups excluding carboxylic acids is 3. The zero-order valence-electron chi connectivity index (χ0n) is 15.1. The molecule has 2 rings (SSSR count). The van der Waals surface area contributed by atoms with Crippen LogP contribution in [0.2, 0.25) is 0 Å². The van der Waals surface area contributed by atoms with Crippen molar-refractivity contribution in [3.8, 4) is 5.75 Å². The van der Waals surface area contributed by atoms with Gasteiger partial charge in [0.2, 0.25) is 0 Å². The highest BCUT2D eigenvalue weighted by Gasteiger charge is 2.19. The molecule has 6 nitrogen and oxygen atoms in total. The summed E-state index contributed by atoms with van der Waals surface area (Å²) in [4.78, 5) is 36.2. The quantitative estimate of drug-likeness (QED) is 0.745. The van der Waals surface area contributed by atoms with E-state index in [4.69, 9.17) is 10.5 Å². The maximum absolute atomic E-state index is 12.8. The summed E-state index contributed by atoms with van der Waals surface area (Å²) in [6, 6.07) is 9.72. The molecule has 136 valence electrons. The Labute approximate surface area is 152 Å². The molecule has 0 atom stereocenters. The molecule has 0 spiro atoms. The molecule has 0 fully saturated rings. The van der Waals surface area contributed by atoms with Gasteiger partial charge in [0.15, 0.2) is 5.78 Å². The van der Waals surface area contributed by atoms with E-state index in [1.165, 1.54) is 13.0 Å². The first kappa shape index (κ1) is 19.2. The molecule has 0 aliphatic carbocycles. The monoisotopic (exact) mass is 354 g/mol. The number of benzene rings is 2. The van der Waals surface area contributed by atoms with Crippen molar-refractivity contribution in [2.75, 3.05) is 11.9 Å². The second-order valence-electron chi connectivity index (χ2n) is 5.93. The van der Waals surface area contributed by atoms with Crippen LogP contribution in [-0.4, -0.2) is 24.2 Å². The number of amides is 2. The predicted molar refractivity (Wildman–Crippen MR) is 99.9 cm³/mol. The van der Waals surface area contributed by atoms with Crippen LogP contribution < -0.4 is 15.8 Å². The highest BCUT2D eigenvalue weighted by molar-refractivity contribution is 6.11. The summed E-state index contributed by atoms with van der Waals surface area (Å²) < 4.78 is 5.62. The van der Waals surface area contributed by atoms with E-state index in [2.05, 4.69) is 5.32 Å².